The van der Waals surface area contributed by atoms with Crippen molar-refractivity contribution in [3.05, 3.63) is 71.8 Å². The van der Waals surface area contributed by atoms with Crippen LogP contribution < -0.4 is 10.6 Å². The molecule has 0 aliphatic carbocycles. The van der Waals surface area contributed by atoms with Crippen molar-refractivity contribution in [2.75, 3.05) is 13.6 Å². The Labute approximate surface area is 203 Å². The van der Waals surface area contributed by atoms with Crippen molar-refractivity contribution in [1.82, 2.24) is 10.6 Å². The second kappa shape index (κ2) is 15.0. The van der Waals surface area contributed by atoms with Crippen molar-refractivity contribution in [3.8, 4) is 0 Å². The Kier molecular flexibility index (Phi) is 12.0. The first-order valence-electron chi connectivity index (χ1n) is 12.1. The van der Waals surface area contributed by atoms with Crippen LogP contribution in [-0.4, -0.2) is 37.3 Å². The third kappa shape index (κ3) is 9.87. The molecule has 0 saturated heterocycles. The smallest absolute Gasteiger partial charge is 0.408 e. The van der Waals surface area contributed by atoms with Crippen molar-refractivity contribution >= 4 is 17.7 Å². The standard InChI is InChI=1S/C28H38N2O4/c1-21(2)27(32)24(16-10-11-17-29-3)19-26(31)25(18-22-12-6-4-7-13-22)30-28(33)34-20-23-14-8-5-9-15-23/h4-9,12-15,21,24-25,29H,10-11,16-20H2,1-3H3,(H,30,33)/t24-,25+/m1/s1. The lowest BCUT2D eigenvalue weighted by molar-refractivity contribution is -0.131. The fourth-order valence-electron chi connectivity index (χ4n) is 3.90. The number of benzene rings is 2. The SMILES string of the molecule is CNCCCC[C@H](CC(=O)[C@H](Cc1ccccc1)NC(=O)OCc1ccccc1)C(=O)C(C)C. The first-order chi connectivity index (χ1) is 16.4. The molecule has 184 valence electrons. The number of unbranched alkanes of at least 4 members (excludes halogenated alkanes) is 1. The quantitative estimate of drug-likeness (QED) is 0.371. The van der Waals surface area contributed by atoms with E-state index >= 15 is 0 Å². The Morgan fingerprint density at radius 2 is 1.50 bits per heavy atom. The summed E-state index contributed by atoms with van der Waals surface area (Å²) < 4.78 is 5.35. The average molecular weight is 467 g/mol. The second-order valence-electron chi connectivity index (χ2n) is 8.97. The van der Waals surface area contributed by atoms with Gasteiger partial charge >= 0.3 is 6.09 Å². The van der Waals surface area contributed by atoms with Crippen molar-refractivity contribution in [1.29, 1.82) is 0 Å². The van der Waals surface area contributed by atoms with Crippen LogP contribution in [0.5, 0.6) is 0 Å². The number of nitrogens with one attached hydrogen (secondary N) is 2. The molecule has 0 heterocycles. The van der Waals surface area contributed by atoms with Gasteiger partial charge < -0.3 is 15.4 Å². The van der Waals surface area contributed by atoms with E-state index in [1.165, 1.54) is 0 Å². The molecule has 6 heteroatoms. The summed E-state index contributed by atoms with van der Waals surface area (Å²) in [6.45, 7) is 4.74. The van der Waals surface area contributed by atoms with Gasteiger partial charge in [-0.3, -0.25) is 9.59 Å². The van der Waals surface area contributed by atoms with Crippen molar-refractivity contribution in [3.63, 3.8) is 0 Å². The van der Waals surface area contributed by atoms with Gasteiger partial charge in [0.05, 0.1) is 6.04 Å². The zero-order chi connectivity index (χ0) is 24.8. The van der Waals surface area contributed by atoms with Crippen LogP contribution in [0.1, 0.15) is 50.7 Å². The number of alkyl carbamates (subject to hydrolysis) is 1. The Hall–Kier alpha value is -2.99. The summed E-state index contributed by atoms with van der Waals surface area (Å²) in [5, 5.41) is 5.87. The third-order valence-electron chi connectivity index (χ3n) is 5.82. The van der Waals surface area contributed by atoms with Crippen LogP contribution >= 0.6 is 0 Å². The lowest BCUT2D eigenvalue weighted by atomic mass is 9.85. The predicted octanol–water partition coefficient (Wildman–Crippen LogP) is 4.71. The molecule has 2 atom stereocenters. The summed E-state index contributed by atoms with van der Waals surface area (Å²) in [5.41, 5.74) is 1.80. The van der Waals surface area contributed by atoms with E-state index in [2.05, 4.69) is 10.6 Å². The lowest BCUT2D eigenvalue weighted by Crippen LogP contribution is -2.43. The van der Waals surface area contributed by atoms with E-state index in [0.717, 1.165) is 30.5 Å². The van der Waals surface area contributed by atoms with Gasteiger partial charge in [-0.1, -0.05) is 80.9 Å². The minimum Gasteiger partial charge on any atom is -0.445 e. The highest BCUT2D eigenvalue weighted by Gasteiger charge is 2.29. The molecule has 34 heavy (non-hydrogen) atoms. The molecule has 0 spiro atoms. The average Bonchev–Trinajstić information content (AvgIpc) is 2.85. The second-order valence-corrected chi connectivity index (χ2v) is 8.97. The normalized spacial score (nSPS) is 12.7. The molecule has 0 fully saturated rings. The molecule has 0 unspecified atom stereocenters. The number of carbonyl (C=O) groups excluding carboxylic acids is 3. The molecule has 0 aromatic heterocycles. The number of Topliss-reactive ketones (excluding diaryl/α,β-unsaturated/α-hetero) is 2. The molecule has 6 nitrogen and oxygen atoms in total. The fraction of sp³-hybridized carbons (Fsp3) is 0.464. The van der Waals surface area contributed by atoms with E-state index in [1.54, 1.807) is 0 Å². The Bertz CT molecular complexity index is 884. The fourth-order valence-corrected chi connectivity index (χ4v) is 3.90. The van der Waals surface area contributed by atoms with Crippen LogP contribution in [0.2, 0.25) is 0 Å². The molecule has 2 aromatic rings. The Morgan fingerprint density at radius 3 is 2.09 bits per heavy atom. The molecule has 0 aliphatic heterocycles. The summed E-state index contributed by atoms with van der Waals surface area (Å²) in [6, 6.07) is 18.2. The highest BCUT2D eigenvalue weighted by atomic mass is 16.5. The van der Waals surface area contributed by atoms with Gasteiger partial charge in [0.15, 0.2) is 5.78 Å². The zero-order valence-electron chi connectivity index (χ0n) is 20.6. The van der Waals surface area contributed by atoms with Gasteiger partial charge in [0.2, 0.25) is 0 Å². The van der Waals surface area contributed by atoms with Gasteiger partial charge in [-0.25, -0.2) is 4.79 Å². The maximum atomic E-state index is 13.3. The molecular weight excluding hydrogens is 428 g/mol. The van der Waals surface area contributed by atoms with E-state index in [4.69, 9.17) is 4.74 Å². The molecule has 2 rings (SSSR count). The number of ether oxygens (including phenoxy) is 1. The highest BCUT2D eigenvalue weighted by molar-refractivity contribution is 5.92. The summed E-state index contributed by atoms with van der Waals surface area (Å²) in [6.07, 6.45) is 2.31. The van der Waals surface area contributed by atoms with E-state index in [0.29, 0.717) is 12.8 Å². The monoisotopic (exact) mass is 466 g/mol. The van der Waals surface area contributed by atoms with Crippen LogP contribution in [-0.2, 0) is 27.4 Å². The van der Waals surface area contributed by atoms with Crippen LogP contribution in [0, 0.1) is 11.8 Å². The number of ketones is 2. The van der Waals surface area contributed by atoms with Gasteiger partial charge in [0.25, 0.3) is 0 Å². The number of hydrogen-bond donors (Lipinski definition) is 2. The van der Waals surface area contributed by atoms with E-state index in [9.17, 15) is 14.4 Å². The minimum absolute atomic E-state index is 0.0999. The molecule has 2 aromatic carbocycles. The molecule has 1 amide bonds. The third-order valence-corrected chi connectivity index (χ3v) is 5.82. The number of rotatable bonds is 15. The van der Waals surface area contributed by atoms with Crippen molar-refractivity contribution in [2.24, 2.45) is 11.8 Å². The van der Waals surface area contributed by atoms with Crippen molar-refractivity contribution in [2.45, 2.75) is 58.6 Å². The summed E-state index contributed by atoms with van der Waals surface area (Å²) in [4.78, 5) is 38.7. The first kappa shape index (κ1) is 27.3. The van der Waals surface area contributed by atoms with Gasteiger partial charge in [-0.15, -0.1) is 0 Å². The maximum absolute atomic E-state index is 13.3. The van der Waals surface area contributed by atoms with Crippen LogP contribution in [0.15, 0.2) is 60.7 Å². The Morgan fingerprint density at radius 1 is 0.882 bits per heavy atom. The van der Waals surface area contributed by atoms with Crippen molar-refractivity contribution < 1.29 is 19.1 Å². The van der Waals surface area contributed by atoms with Crippen LogP contribution in [0.3, 0.4) is 0 Å². The van der Waals surface area contributed by atoms with Gasteiger partial charge in [0.1, 0.15) is 12.4 Å². The number of hydrogen-bond acceptors (Lipinski definition) is 5. The number of amides is 1. The molecule has 0 radical (unpaired) electrons. The number of carbonyl (C=O) groups is 3. The summed E-state index contributed by atoms with van der Waals surface area (Å²) in [7, 11) is 1.90. The predicted molar refractivity (Wildman–Crippen MR) is 134 cm³/mol. The topological polar surface area (TPSA) is 84.5 Å². The van der Waals surface area contributed by atoms with Crippen LogP contribution in [0.25, 0.3) is 0 Å². The summed E-state index contributed by atoms with van der Waals surface area (Å²) in [5.74, 6) is -0.528. The zero-order valence-corrected chi connectivity index (χ0v) is 20.6. The molecule has 0 aliphatic rings. The first-order valence-corrected chi connectivity index (χ1v) is 12.1. The molecular formula is C28H38N2O4. The maximum Gasteiger partial charge on any atom is 0.408 e. The Balaban J connectivity index is 2.07. The van der Waals surface area contributed by atoms with Gasteiger partial charge in [-0.2, -0.15) is 0 Å². The summed E-state index contributed by atoms with van der Waals surface area (Å²) >= 11 is 0. The highest BCUT2D eigenvalue weighted by Crippen LogP contribution is 2.20. The lowest BCUT2D eigenvalue weighted by Gasteiger charge is -2.22. The van der Waals surface area contributed by atoms with E-state index < -0.39 is 12.1 Å². The molecule has 0 saturated carbocycles. The van der Waals surface area contributed by atoms with E-state index in [-0.39, 0.29) is 36.4 Å². The molecule has 0 bridgehead atoms. The van der Waals surface area contributed by atoms with Gasteiger partial charge in [0, 0.05) is 18.3 Å². The molecule has 2 N–H and O–H groups in total. The van der Waals surface area contributed by atoms with E-state index in [1.807, 2.05) is 81.6 Å². The largest absolute Gasteiger partial charge is 0.445 e. The minimum atomic E-state index is -0.759. The van der Waals surface area contributed by atoms with Gasteiger partial charge in [-0.05, 0) is 44.0 Å². The van der Waals surface area contributed by atoms with Crippen LogP contribution in [0.4, 0.5) is 4.79 Å².